The van der Waals surface area contributed by atoms with E-state index in [0.29, 0.717) is 11.5 Å². The van der Waals surface area contributed by atoms with Crippen molar-refractivity contribution in [3.05, 3.63) is 95.4 Å². The van der Waals surface area contributed by atoms with Crippen molar-refractivity contribution in [2.24, 2.45) is 5.73 Å². The number of fused-ring (bicyclic) bond motifs is 2. The van der Waals surface area contributed by atoms with Crippen molar-refractivity contribution in [1.82, 2.24) is 10.2 Å². The molecule has 0 unspecified atom stereocenters. The molecule has 1 atom stereocenters. The molecule has 0 fully saturated rings. The molecule has 0 amide bonds. The molecule has 146 valence electrons. The topological polar surface area (TPSA) is 87.7 Å². The minimum Gasteiger partial charge on any atom is -0.420 e. The fourth-order valence-electron chi connectivity index (χ4n) is 4.15. The normalized spacial score (nSPS) is 15.5. The van der Waals surface area contributed by atoms with Gasteiger partial charge < -0.3 is 10.5 Å². The van der Waals surface area contributed by atoms with Crippen LogP contribution in [-0.2, 0) is 6.42 Å². The summed E-state index contributed by atoms with van der Waals surface area (Å²) in [6.45, 7) is 0. The zero-order valence-corrected chi connectivity index (χ0v) is 16.3. The van der Waals surface area contributed by atoms with Gasteiger partial charge >= 0.3 is 0 Å². The second-order valence-electron chi connectivity index (χ2n) is 7.45. The van der Waals surface area contributed by atoms with E-state index in [-0.39, 0.29) is 11.8 Å². The van der Waals surface area contributed by atoms with Crippen molar-refractivity contribution in [3.63, 3.8) is 0 Å². The Bertz CT molecular complexity index is 1300. The van der Waals surface area contributed by atoms with E-state index in [4.69, 9.17) is 10.5 Å². The Morgan fingerprint density at radius 3 is 2.57 bits per heavy atom. The smallest absolute Gasteiger partial charge is 0.244 e. The number of hydrogen-bond acceptors (Lipinski definition) is 4. The summed E-state index contributed by atoms with van der Waals surface area (Å²) in [7, 11) is 0. The summed E-state index contributed by atoms with van der Waals surface area (Å²) in [6.07, 6.45) is 1.57. The number of aromatic nitrogens is 2. The largest absolute Gasteiger partial charge is 0.420 e. The predicted molar refractivity (Wildman–Crippen MR) is 116 cm³/mol. The number of rotatable bonds is 4. The molecule has 5 heteroatoms. The first-order chi connectivity index (χ1) is 14.7. The highest BCUT2D eigenvalue weighted by atomic mass is 16.5. The molecule has 1 aromatic heterocycles. The second-order valence-corrected chi connectivity index (χ2v) is 7.45. The molecule has 5 nitrogen and oxygen atoms in total. The van der Waals surface area contributed by atoms with Crippen molar-refractivity contribution in [2.75, 3.05) is 0 Å². The number of nitrogens with zero attached hydrogens (tertiary/aromatic N) is 2. The Kier molecular flexibility index (Phi) is 4.45. The number of aryl methyl sites for hydroxylation is 1. The van der Waals surface area contributed by atoms with Crippen LogP contribution in [0.3, 0.4) is 0 Å². The van der Waals surface area contributed by atoms with E-state index < -0.39 is 0 Å². The summed E-state index contributed by atoms with van der Waals surface area (Å²) >= 11 is 0. The van der Waals surface area contributed by atoms with Gasteiger partial charge in [0.25, 0.3) is 0 Å². The lowest BCUT2D eigenvalue weighted by Gasteiger charge is -2.23. The van der Waals surface area contributed by atoms with Gasteiger partial charge in [0.2, 0.25) is 11.8 Å². The number of aromatic amines is 1. The van der Waals surface area contributed by atoms with Crippen LogP contribution in [0.1, 0.15) is 23.5 Å². The molecule has 2 heterocycles. The fourth-order valence-corrected chi connectivity index (χ4v) is 4.15. The highest BCUT2D eigenvalue weighted by Gasteiger charge is 2.34. The SMILES string of the molecule is N#CC1=C(N)Oc2n[nH]c(-c3ccc4ccccc4c3)c2[C@H]1CCc1ccccc1. The lowest BCUT2D eigenvalue weighted by atomic mass is 9.84. The number of H-pyrrole nitrogens is 1. The van der Waals surface area contributed by atoms with E-state index in [0.717, 1.165) is 35.0 Å². The van der Waals surface area contributed by atoms with E-state index in [2.05, 4.69) is 58.7 Å². The maximum absolute atomic E-state index is 9.80. The minimum absolute atomic E-state index is 0.139. The molecule has 5 rings (SSSR count). The number of benzene rings is 3. The molecule has 3 N–H and O–H groups in total. The minimum atomic E-state index is -0.181. The standard InChI is InChI=1S/C25H20N4O/c26-15-21-20(13-10-16-6-2-1-3-7-16)22-23(28-29-25(22)30-24(21)27)19-12-11-17-8-4-5-9-18(17)14-19/h1-9,11-12,14,20H,10,13,27H2,(H,28,29)/t20-/m0/s1. The molecular weight excluding hydrogens is 372 g/mol. The molecule has 4 aromatic rings. The van der Waals surface area contributed by atoms with E-state index in [1.165, 1.54) is 10.9 Å². The predicted octanol–water partition coefficient (Wildman–Crippen LogP) is 5.03. The van der Waals surface area contributed by atoms with E-state index in [1.807, 2.05) is 30.3 Å². The van der Waals surface area contributed by atoms with Gasteiger partial charge in [-0.05, 0) is 35.2 Å². The average Bonchev–Trinajstić information content (AvgIpc) is 3.21. The zero-order chi connectivity index (χ0) is 20.5. The van der Waals surface area contributed by atoms with Crippen LogP contribution in [-0.4, -0.2) is 10.2 Å². The first-order valence-electron chi connectivity index (χ1n) is 9.93. The van der Waals surface area contributed by atoms with Gasteiger partial charge in [0.1, 0.15) is 6.07 Å². The molecule has 1 aliphatic heterocycles. The van der Waals surface area contributed by atoms with Crippen LogP contribution >= 0.6 is 0 Å². The maximum atomic E-state index is 9.80. The molecule has 30 heavy (non-hydrogen) atoms. The summed E-state index contributed by atoms with van der Waals surface area (Å²) in [5.41, 5.74) is 10.5. The van der Waals surface area contributed by atoms with Gasteiger partial charge in [-0.15, -0.1) is 5.10 Å². The molecule has 1 aliphatic rings. The van der Waals surface area contributed by atoms with E-state index in [1.54, 1.807) is 0 Å². The molecule has 0 radical (unpaired) electrons. The van der Waals surface area contributed by atoms with Crippen molar-refractivity contribution in [3.8, 4) is 23.2 Å². The molecule has 0 saturated carbocycles. The summed E-state index contributed by atoms with van der Waals surface area (Å²) < 4.78 is 5.70. The zero-order valence-electron chi connectivity index (χ0n) is 16.3. The average molecular weight is 392 g/mol. The number of hydrogen-bond donors (Lipinski definition) is 2. The van der Waals surface area contributed by atoms with Gasteiger partial charge in [-0.1, -0.05) is 66.7 Å². The van der Waals surface area contributed by atoms with Crippen LogP contribution in [0.5, 0.6) is 5.88 Å². The van der Waals surface area contributed by atoms with Crippen molar-refractivity contribution < 1.29 is 4.74 Å². The van der Waals surface area contributed by atoms with Crippen molar-refractivity contribution in [1.29, 1.82) is 5.26 Å². The second kappa shape index (κ2) is 7.41. The van der Waals surface area contributed by atoms with E-state index >= 15 is 0 Å². The fraction of sp³-hybridized carbons (Fsp3) is 0.120. The maximum Gasteiger partial charge on any atom is 0.244 e. The third kappa shape index (κ3) is 3.09. The molecule has 3 aromatic carbocycles. The Hall–Kier alpha value is -4.04. The van der Waals surface area contributed by atoms with Crippen LogP contribution in [0.25, 0.3) is 22.0 Å². The lowest BCUT2D eigenvalue weighted by molar-refractivity contribution is 0.371. The molecule has 0 bridgehead atoms. The summed E-state index contributed by atoms with van der Waals surface area (Å²) in [5, 5.41) is 19.6. The molecule has 0 saturated heterocycles. The van der Waals surface area contributed by atoms with Crippen LogP contribution < -0.4 is 10.5 Å². The quantitative estimate of drug-likeness (QED) is 0.510. The van der Waals surface area contributed by atoms with Gasteiger partial charge in [0, 0.05) is 11.5 Å². The Morgan fingerprint density at radius 1 is 1.00 bits per heavy atom. The third-order valence-electron chi connectivity index (χ3n) is 5.66. The number of allylic oxidation sites excluding steroid dienone is 1. The number of ether oxygens (including phenoxy) is 1. The highest BCUT2D eigenvalue weighted by Crippen LogP contribution is 2.44. The first kappa shape index (κ1) is 18.0. The molecular formula is C25H20N4O. The molecule has 0 aliphatic carbocycles. The molecule has 0 spiro atoms. The van der Waals surface area contributed by atoms with Crippen LogP contribution in [0, 0.1) is 11.3 Å². The van der Waals surface area contributed by atoms with Gasteiger partial charge in [-0.3, -0.25) is 5.10 Å². The van der Waals surface area contributed by atoms with Crippen LogP contribution in [0.4, 0.5) is 0 Å². The van der Waals surface area contributed by atoms with E-state index in [9.17, 15) is 5.26 Å². The third-order valence-corrected chi connectivity index (χ3v) is 5.66. The van der Waals surface area contributed by atoms with Gasteiger partial charge in [-0.2, -0.15) is 5.26 Å². The number of nitrogens with one attached hydrogen (secondary N) is 1. The van der Waals surface area contributed by atoms with Crippen LogP contribution in [0.2, 0.25) is 0 Å². The number of nitriles is 1. The van der Waals surface area contributed by atoms with Crippen molar-refractivity contribution in [2.45, 2.75) is 18.8 Å². The number of nitrogens with two attached hydrogens (primary N) is 1. The Morgan fingerprint density at radius 2 is 1.77 bits per heavy atom. The summed E-state index contributed by atoms with van der Waals surface area (Å²) in [4.78, 5) is 0. The van der Waals surface area contributed by atoms with Crippen LogP contribution in [0.15, 0.2) is 84.3 Å². The van der Waals surface area contributed by atoms with Gasteiger partial charge in [0.15, 0.2) is 0 Å². The van der Waals surface area contributed by atoms with Crippen molar-refractivity contribution >= 4 is 10.8 Å². The van der Waals surface area contributed by atoms with Gasteiger partial charge in [-0.25, -0.2) is 0 Å². The Labute approximate surface area is 174 Å². The highest BCUT2D eigenvalue weighted by molar-refractivity contribution is 5.87. The van der Waals surface area contributed by atoms with Gasteiger partial charge in [0.05, 0.1) is 16.8 Å². The monoisotopic (exact) mass is 392 g/mol. The summed E-state index contributed by atoms with van der Waals surface area (Å²) in [5.74, 6) is 0.409. The first-order valence-corrected chi connectivity index (χ1v) is 9.93. The Balaban J connectivity index is 1.58. The summed E-state index contributed by atoms with van der Waals surface area (Å²) in [6, 6.07) is 27.0. The lowest BCUT2D eigenvalue weighted by Crippen LogP contribution is -2.20.